The molecule has 0 aliphatic rings. The van der Waals surface area contributed by atoms with Gasteiger partial charge in [0.05, 0.1) is 0 Å². The van der Waals surface area contributed by atoms with Gasteiger partial charge in [-0.15, -0.1) is 0 Å². The van der Waals surface area contributed by atoms with Crippen LogP contribution in [-0.4, -0.2) is 58.2 Å². The van der Waals surface area contributed by atoms with Crippen LogP contribution in [0.4, 0.5) is 0 Å². The Morgan fingerprint density at radius 1 is 0.556 bits per heavy atom. The van der Waals surface area contributed by atoms with Crippen molar-refractivity contribution >= 4 is 66.0 Å². The van der Waals surface area contributed by atoms with Crippen LogP contribution in [-0.2, 0) is 4.57 Å². The molecule has 0 radical (unpaired) electrons. The van der Waals surface area contributed by atoms with Gasteiger partial charge >= 0.3 is 66.0 Å². The average molecular weight is 455 g/mol. The predicted octanol–water partition coefficient (Wildman–Crippen LogP) is 5.61. The molecule has 3 aromatic carbocycles. The molecular formula is C21H22O4PRb. The Morgan fingerprint density at radius 2 is 0.815 bits per heavy atom. The third-order valence-electron chi connectivity index (χ3n) is 3.91. The molecule has 0 bridgehead atoms. The summed E-state index contributed by atoms with van der Waals surface area (Å²) in [5, 5.41) is 0. The first kappa shape index (κ1) is 22.4. The Balaban J connectivity index is 0.00000261. The Labute approximate surface area is 209 Å². The van der Waals surface area contributed by atoms with Crippen LogP contribution in [0, 0.1) is 20.8 Å². The number of hydrogen-bond acceptors (Lipinski definition) is 4. The van der Waals surface area contributed by atoms with Crippen molar-refractivity contribution in [3.63, 3.8) is 0 Å². The molecule has 0 atom stereocenters. The molecular weight excluding hydrogens is 433 g/mol. The molecule has 0 N–H and O–H groups in total. The third kappa shape index (κ3) is 6.04. The van der Waals surface area contributed by atoms with Crippen LogP contribution >= 0.6 is 7.82 Å². The minimum absolute atomic E-state index is 0. The maximum atomic E-state index is 13.5. The van der Waals surface area contributed by atoms with E-state index in [9.17, 15) is 4.57 Å². The number of hydrogen-bond donors (Lipinski definition) is 0. The molecule has 6 heteroatoms. The Kier molecular flexibility index (Phi) is 8.32. The van der Waals surface area contributed by atoms with Crippen LogP contribution in [0.2, 0.25) is 0 Å². The van der Waals surface area contributed by atoms with Crippen LogP contribution in [0.5, 0.6) is 17.2 Å². The van der Waals surface area contributed by atoms with Gasteiger partial charge in [-0.05, 0) is 55.7 Å². The van der Waals surface area contributed by atoms with Crippen molar-refractivity contribution in [3.05, 3.63) is 89.5 Å². The molecule has 0 fully saturated rings. The van der Waals surface area contributed by atoms with Gasteiger partial charge in [0, 0.05) is 0 Å². The van der Waals surface area contributed by atoms with E-state index in [-0.39, 0.29) is 58.2 Å². The molecule has 0 aliphatic heterocycles. The Morgan fingerprint density at radius 3 is 1.07 bits per heavy atom. The molecule has 136 valence electrons. The van der Waals surface area contributed by atoms with E-state index in [2.05, 4.69) is 0 Å². The van der Waals surface area contributed by atoms with Gasteiger partial charge in [0.2, 0.25) is 0 Å². The number of phosphoric acid groups is 1. The summed E-state index contributed by atoms with van der Waals surface area (Å²) in [4.78, 5) is 0. The van der Waals surface area contributed by atoms with Crippen LogP contribution in [0.3, 0.4) is 0 Å². The van der Waals surface area contributed by atoms with Gasteiger partial charge in [0.15, 0.2) is 0 Å². The molecule has 4 nitrogen and oxygen atoms in total. The van der Waals surface area contributed by atoms with Gasteiger partial charge < -0.3 is 13.6 Å². The van der Waals surface area contributed by atoms with Crippen LogP contribution in [0.25, 0.3) is 0 Å². The van der Waals surface area contributed by atoms with Gasteiger partial charge in [0.1, 0.15) is 17.2 Å². The van der Waals surface area contributed by atoms with Crippen molar-refractivity contribution in [3.8, 4) is 17.2 Å². The molecule has 3 aromatic rings. The third-order valence-corrected chi connectivity index (χ3v) is 5.17. The normalized spacial score (nSPS) is 10.6. The van der Waals surface area contributed by atoms with E-state index in [0.717, 1.165) is 16.7 Å². The van der Waals surface area contributed by atoms with Crippen LogP contribution in [0.15, 0.2) is 72.8 Å². The topological polar surface area (TPSA) is 44.8 Å². The number of rotatable bonds is 6. The van der Waals surface area contributed by atoms with Crippen molar-refractivity contribution < 1.29 is 18.1 Å². The summed E-state index contributed by atoms with van der Waals surface area (Å²) in [6, 6.07) is 22.0. The molecule has 0 saturated carbocycles. The van der Waals surface area contributed by atoms with Crippen molar-refractivity contribution in [2.24, 2.45) is 0 Å². The predicted molar refractivity (Wildman–Crippen MR) is 110 cm³/mol. The standard InChI is InChI=1S/C21H21O4P.Rb.H/c1-16-10-4-7-13-19(16)23-26(22,24-20-14-8-5-11-17(20)2)25-21-15-9-6-12-18(21)3;;/h4-15H,1-3H3;;. The van der Waals surface area contributed by atoms with E-state index < -0.39 is 7.82 Å². The zero-order valence-corrected chi connectivity index (χ0v) is 15.9. The number of benzene rings is 3. The van der Waals surface area contributed by atoms with Crippen molar-refractivity contribution in [1.82, 2.24) is 0 Å². The first-order valence-corrected chi connectivity index (χ1v) is 9.79. The molecule has 0 amide bonds. The molecule has 0 aromatic heterocycles. The quantitative estimate of drug-likeness (QED) is 0.454. The van der Waals surface area contributed by atoms with E-state index in [4.69, 9.17) is 13.6 Å². The summed E-state index contributed by atoms with van der Waals surface area (Å²) in [5.74, 6) is 1.37. The summed E-state index contributed by atoms with van der Waals surface area (Å²) in [5.41, 5.74) is 2.53. The first-order chi connectivity index (χ1) is 12.5. The fourth-order valence-corrected chi connectivity index (χ4v) is 3.84. The second-order valence-corrected chi connectivity index (χ2v) is 7.46. The van der Waals surface area contributed by atoms with Gasteiger partial charge in [-0.1, -0.05) is 54.6 Å². The fourth-order valence-electron chi connectivity index (χ4n) is 2.39. The zero-order valence-electron chi connectivity index (χ0n) is 15.0. The SMILES string of the molecule is Cc1ccccc1OP(=O)(Oc1ccccc1C)Oc1ccccc1C.[RbH]. The average Bonchev–Trinajstić information content (AvgIpc) is 2.61. The van der Waals surface area contributed by atoms with E-state index in [1.54, 1.807) is 18.2 Å². The minimum atomic E-state index is -3.97. The number of phosphoric ester groups is 1. The monoisotopic (exact) mass is 454 g/mol. The van der Waals surface area contributed by atoms with Gasteiger partial charge in [-0.3, -0.25) is 0 Å². The summed E-state index contributed by atoms with van der Waals surface area (Å²) < 4.78 is 30.8. The molecule has 0 saturated heterocycles. The molecule has 0 unspecified atom stereocenters. The fraction of sp³-hybridized carbons (Fsp3) is 0.143. The molecule has 27 heavy (non-hydrogen) atoms. The molecule has 3 rings (SSSR count). The van der Waals surface area contributed by atoms with Crippen molar-refractivity contribution in [2.45, 2.75) is 20.8 Å². The number of para-hydroxylation sites is 3. The molecule has 0 heterocycles. The zero-order chi connectivity index (χ0) is 18.6. The van der Waals surface area contributed by atoms with Gasteiger partial charge in [-0.25, -0.2) is 0 Å². The van der Waals surface area contributed by atoms with Crippen LogP contribution in [0.1, 0.15) is 16.7 Å². The first-order valence-electron chi connectivity index (χ1n) is 8.32. The van der Waals surface area contributed by atoms with Crippen molar-refractivity contribution in [2.75, 3.05) is 0 Å². The second-order valence-electron chi connectivity index (χ2n) is 6.02. The molecule has 0 aliphatic carbocycles. The van der Waals surface area contributed by atoms with E-state index in [0.29, 0.717) is 17.2 Å². The number of aryl methyl sites for hydroxylation is 3. The van der Waals surface area contributed by atoms with Gasteiger partial charge in [0.25, 0.3) is 0 Å². The molecule has 0 spiro atoms. The summed E-state index contributed by atoms with van der Waals surface area (Å²) in [6.45, 7) is 5.63. The van der Waals surface area contributed by atoms with E-state index in [1.165, 1.54) is 0 Å². The summed E-state index contributed by atoms with van der Waals surface area (Å²) in [6.07, 6.45) is 0. The van der Waals surface area contributed by atoms with E-state index >= 15 is 0 Å². The summed E-state index contributed by atoms with van der Waals surface area (Å²) in [7, 11) is -3.97. The summed E-state index contributed by atoms with van der Waals surface area (Å²) >= 11 is 0. The van der Waals surface area contributed by atoms with E-state index in [1.807, 2.05) is 75.4 Å². The Hall–Kier alpha value is -0.905. The second kappa shape index (κ2) is 10.0. The maximum absolute atomic E-state index is 13.5. The van der Waals surface area contributed by atoms with Crippen LogP contribution < -0.4 is 13.6 Å². The Bertz CT molecular complexity index is 836. The van der Waals surface area contributed by atoms with Gasteiger partial charge in [-0.2, -0.15) is 4.57 Å². The van der Waals surface area contributed by atoms with Crippen molar-refractivity contribution in [1.29, 1.82) is 0 Å².